The first-order valence-corrected chi connectivity index (χ1v) is 15.7. The molecule has 44 heavy (non-hydrogen) atoms. The van der Waals surface area contributed by atoms with Crippen LogP contribution in [0.25, 0.3) is 11.1 Å². The summed E-state index contributed by atoms with van der Waals surface area (Å²) in [5.41, 5.74) is 4.18. The van der Waals surface area contributed by atoms with E-state index in [9.17, 15) is 9.59 Å². The summed E-state index contributed by atoms with van der Waals surface area (Å²) in [6, 6.07) is 12.4. The molecule has 0 atom stereocenters. The topological polar surface area (TPSA) is 112 Å². The number of rotatable bonds is 18. The molecule has 8 nitrogen and oxygen atoms in total. The van der Waals surface area contributed by atoms with Crippen LogP contribution in [0.2, 0.25) is 0 Å². The Bertz CT molecular complexity index is 1240. The number of esters is 2. The molecule has 0 aliphatic heterocycles. The highest BCUT2D eigenvalue weighted by atomic mass is 16.6. The number of benzene rings is 2. The van der Waals surface area contributed by atoms with Gasteiger partial charge in [0, 0.05) is 6.07 Å². The molecule has 0 unspecified atom stereocenters. The fourth-order valence-electron chi connectivity index (χ4n) is 5.51. The first kappa shape index (κ1) is 34.9. The molecule has 0 bridgehead atoms. The molecule has 1 saturated carbocycles. The van der Waals surface area contributed by atoms with Gasteiger partial charge in [-0.3, -0.25) is 0 Å². The van der Waals surface area contributed by atoms with Crippen LogP contribution in [-0.4, -0.2) is 61.8 Å². The Kier molecular flexibility index (Phi) is 14.5. The van der Waals surface area contributed by atoms with Crippen molar-refractivity contribution in [2.75, 3.05) is 39.6 Å². The maximum atomic E-state index is 11.8. The molecule has 2 aromatic rings. The molecular formula is C36H48O8. The van der Waals surface area contributed by atoms with Gasteiger partial charge in [-0.2, -0.15) is 0 Å². The second-order valence-corrected chi connectivity index (χ2v) is 11.4. The lowest BCUT2D eigenvalue weighted by atomic mass is 9.77. The Morgan fingerprint density at radius 2 is 1.41 bits per heavy atom. The van der Waals surface area contributed by atoms with E-state index in [-0.39, 0.29) is 37.6 Å². The molecule has 8 heteroatoms. The predicted molar refractivity (Wildman–Crippen MR) is 171 cm³/mol. The fraction of sp³-hybridized carbons (Fsp3) is 0.500. The van der Waals surface area contributed by atoms with Crippen LogP contribution in [0.1, 0.15) is 75.3 Å². The molecule has 3 rings (SSSR count). The van der Waals surface area contributed by atoms with E-state index in [1.807, 2.05) is 13.0 Å². The number of hydrogen-bond acceptors (Lipinski definition) is 8. The lowest BCUT2D eigenvalue weighted by Crippen LogP contribution is -2.16. The van der Waals surface area contributed by atoms with Crippen LogP contribution in [0.3, 0.4) is 0 Å². The van der Waals surface area contributed by atoms with E-state index in [0.29, 0.717) is 17.4 Å². The third kappa shape index (κ3) is 10.5. The third-order valence-corrected chi connectivity index (χ3v) is 8.21. The number of ether oxygens (including phenoxy) is 4. The minimum atomic E-state index is -0.673. The average molecular weight is 609 g/mol. The van der Waals surface area contributed by atoms with Gasteiger partial charge in [-0.05, 0) is 72.8 Å². The molecule has 0 radical (unpaired) electrons. The summed E-state index contributed by atoms with van der Waals surface area (Å²) in [4.78, 5) is 23.6. The van der Waals surface area contributed by atoms with Gasteiger partial charge >= 0.3 is 11.9 Å². The van der Waals surface area contributed by atoms with Crippen molar-refractivity contribution in [2.45, 2.75) is 71.1 Å². The van der Waals surface area contributed by atoms with Crippen molar-refractivity contribution in [1.82, 2.24) is 0 Å². The van der Waals surface area contributed by atoms with Crippen molar-refractivity contribution in [3.63, 3.8) is 0 Å². The largest absolute Gasteiger partial charge is 0.490 e. The second kappa shape index (κ2) is 18.2. The summed E-state index contributed by atoms with van der Waals surface area (Å²) in [5.74, 6) is 1.20. The van der Waals surface area contributed by atoms with Crippen molar-refractivity contribution in [3.05, 3.63) is 71.8 Å². The summed E-state index contributed by atoms with van der Waals surface area (Å²) in [5, 5.41) is 18.1. The minimum Gasteiger partial charge on any atom is -0.490 e. The Hall–Kier alpha value is -3.62. The van der Waals surface area contributed by atoms with E-state index >= 15 is 0 Å². The summed E-state index contributed by atoms with van der Waals surface area (Å²) >= 11 is 0. The van der Waals surface area contributed by atoms with Gasteiger partial charge in [-0.15, -0.1) is 0 Å². The number of hydrogen-bond donors (Lipinski definition) is 2. The summed E-state index contributed by atoms with van der Waals surface area (Å²) in [7, 11) is 0. The van der Waals surface area contributed by atoms with Crippen LogP contribution in [0.5, 0.6) is 11.5 Å². The standard InChI is InChI=1S/C36H48O8/c1-5-6-7-8-28-9-11-29(12-10-28)30-13-15-31(16-14-30)33-21-32(41-17-19-43-35(39)25(2)23-37)22-34(27(33)4)42-18-20-44-36(40)26(3)24-38/h13-16,21-22,28-29,37-38H,2-3,5-12,17-20,23-24H2,1,4H3. The predicted octanol–water partition coefficient (Wildman–Crippen LogP) is 6.46. The number of aliphatic hydroxyl groups excluding tert-OH is 2. The zero-order valence-corrected chi connectivity index (χ0v) is 26.3. The normalized spacial score (nSPS) is 16.2. The Labute approximate surface area is 261 Å². The molecule has 0 heterocycles. The molecule has 1 aliphatic carbocycles. The molecule has 2 N–H and O–H groups in total. The summed E-state index contributed by atoms with van der Waals surface area (Å²) in [6.07, 6.45) is 10.4. The van der Waals surface area contributed by atoms with Crippen molar-refractivity contribution >= 4 is 11.9 Å². The maximum absolute atomic E-state index is 11.8. The smallest absolute Gasteiger partial charge is 0.335 e. The van der Waals surface area contributed by atoms with E-state index in [2.05, 4.69) is 44.3 Å². The Balaban J connectivity index is 1.70. The summed E-state index contributed by atoms with van der Waals surface area (Å²) in [6.45, 7) is 10.4. The van der Waals surface area contributed by atoms with Crippen LogP contribution in [0.15, 0.2) is 60.7 Å². The lowest BCUT2D eigenvalue weighted by Gasteiger charge is -2.29. The van der Waals surface area contributed by atoms with Crippen LogP contribution < -0.4 is 9.47 Å². The fourth-order valence-corrected chi connectivity index (χ4v) is 5.51. The van der Waals surface area contributed by atoms with E-state index in [0.717, 1.165) is 22.6 Å². The summed E-state index contributed by atoms with van der Waals surface area (Å²) < 4.78 is 22.1. The molecule has 0 aromatic heterocycles. The van der Waals surface area contributed by atoms with Gasteiger partial charge in [0.15, 0.2) is 0 Å². The molecule has 1 fully saturated rings. The van der Waals surface area contributed by atoms with Crippen molar-refractivity contribution in [3.8, 4) is 22.6 Å². The molecule has 0 amide bonds. The maximum Gasteiger partial charge on any atom is 0.335 e. The van der Waals surface area contributed by atoms with Gasteiger partial charge < -0.3 is 29.2 Å². The Morgan fingerprint density at radius 3 is 1.98 bits per heavy atom. The van der Waals surface area contributed by atoms with E-state index in [4.69, 9.17) is 29.2 Å². The average Bonchev–Trinajstić information content (AvgIpc) is 3.05. The van der Waals surface area contributed by atoms with E-state index < -0.39 is 25.2 Å². The first-order chi connectivity index (χ1) is 21.3. The quantitative estimate of drug-likeness (QED) is 0.113. The third-order valence-electron chi connectivity index (χ3n) is 8.21. The number of unbranched alkanes of at least 4 members (excludes halogenated alkanes) is 2. The van der Waals surface area contributed by atoms with Crippen LogP contribution >= 0.6 is 0 Å². The Morgan fingerprint density at radius 1 is 0.818 bits per heavy atom. The van der Waals surface area contributed by atoms with Crippen LogP contribution in [0, 0.1) is 12.8 Å². The van der Waals surface area contributed by atoms with Crippen LogP contribution in [0.4, 0.5) is 0 Å². The molecule has 0 saturated heterocycles. The van der Waals surface area contributed by atoms with Crippen molar-refractivity contribution in [2.24, 2.45) is 5.92 Å². The molecule has 240 valence electrons. The highest BCUT2D eigenvalue weighted by molar-refractivity contribution is 5.88. The van der Waals surface area contributed by atoms with E-state index in [1.165, 1.54) is 56.9 Å². The SMILES string of the molecule is C=C(CO)C(=O)OCCOc1cc(OCCOC(=O)C(=C)CO)c(C)c(-c2ccc(C3CCC(CCCCC)CC3)cc2)c1. The van der Waals surface area contributed by atoms with Gasteiger partial charge in [-0.25, -0.2) is 9.59 Å². The van der Waals surface area contributed by atoms with Crippen molar-refractivity contribution < 1.29 is 38.7 Å². The van der Waals surface area contributed by atoms with Gasteiger partial charge in [0.25, 0.3) is 0 Å². The zero-order chi connectivity index (χ0) is 31.9. The van der Waals surface area contributed by atoms with Gasteiger partial charge in [0.1, 0.15) is 37.9 Å². The second-order valence-electron chi connectivity index (χ2n) is 11.4. The highest BCUT2D eigenvalue weighted by Crippen LogP contribution is 2.40. The first-order valence-electron chi connectivity index (χ1n) is 15.7. The molecule has 0 spiro atoms. The number of carbonyl (C=O) groups excluding carboxylic acids is 2. The zero-order valence-electron chi connectivity index (χ0n) is 26.3. The monoisotopic (exact) mass is 608 g/mol. The molecule has 2 aromatic carbocycles. The highest BCUT2D eigenvalue weighted by Gasteiger charge is 2.22. The molecule has 1 aliphatic rings. The number of aliphatic hydroxyl groups is 2. The number of carbonyl (C=O) groups is 2. The van der Waals surface area contributed by atoms with E-state index in [1.54, 1.807) is 6.07 Å². The van der Waals surface area contributed by atoms with Gasteiger partial charge in [0.2, 0.25) is 0 Å². The lowest BCUT2D eigenvalue weighted by molar-refractivity contribution is -0.141. The van der Waals surface area contributed by atoms with Gasteiger partial charge in [0.05, 0.1) is 24.4 Å². The van der Waals surface area contributed by atoms with Crippen molar-refractivity contribution in [1.29, 1.82) is 0 Å². The van der Waals surface area contributed by atoms with Gasteiger partial charge in [-0.1, -0.05) is 70.0 Å². The minimum absolute atomic E-state index is 0.0159. The van der Waals surface area contributed by atoms with Crippen LogP contribution in [-0.2, 0) is 19.1 Å². The molecular weight excluding hydrogens is 560 g/mol.